The van der Waals surface area contributed by atoms with E-state index in [4.69, 9.17) is 11.6 Å². The van der Waals surface area contributed by atoms with Crippen LogP contribution in [0.15, 0.2) is 24.5 Å². The van der Waals surface area contributed by atoms with E-state index < -0.39 is 0 Å². The second-order valence-corrected chi connectivity index (χ2v) is 3.60. The third-order valence-electron chi connectivity index (χ3n) is 1.91. The van der Waals surface area contributed by atoms with Gasteiger partial charge in [0.25, 0.3) is 5.91 Å². The molecular formula is C10H9ClN4O. The summed E-state index contributed by atoms with van der Waals surface area (Å²) in [6, 6.07) is 3.16. The lowest BCUT2D eigenvalue weighted by Crippen LogP contribution is -2.13. The van der Waals surface area contributed by atoms with Gasteiger partial charge in [0.1, 0.15) is 5.15 Å². The average Bonchev–Trinajstić information content (AvgIpc) is 2.68. The molecule has 0 bridgehead atoms. The van der Waals surface area contributed by atoms with Gasteiger partial charge in [-0.1, -0.05) is 11.6 Å². The highest BCUT2D eigenvalue weighted by atomic mass is 35.5. The highest BCUT2D eigenvalue weighted by Crippen LogP contribution is 2.11. The number of nitrogens with zero attached hydrogens (tertiary/aromatic N) is 2. The standard InChI is InChI=1S/C10H9ClN4O/c1-6-4-7(5-8(11)14-6)9(16)15-10-12-2-3-13-10/h2-5H,1H3,(H2,12,13,15,16). The summed E-state index contributed by atoms with van der Waals surface area (Å²) in [6.45, 7) is 1.77. The SMILES string of the molecule is Cc1cc(C(=O)Nc2ncc[nH]2)cc(Cl)n1. The Bertz CT molecular complexity index is 489. The first-order valence-electron chi connectivity index (χ1n) is 4.60. The third-order valence-corrected chi connectivity index (χ3v) is 2.11. The Morgan fingerprint density at radius 3 is 2.94 bits per heavy atom. The summed E-state index contributed by atoms with van der Waals surface area (Å²) in [5.74, 6) is 0.123. The van der Waals surface area contributed by atoms with Crippen molar-refractivity contribution in [2.24, 2.45) is 0 Å². The molecule has 0 radical (unpaired) electrons. The maximum atomic E-state index is 11.8. The summed E-state index contributed by atoms with van der Waals surface area (Å²) >= 11 is 5.76. The van der Waals surface area contributed by atoms with Crippen molar-refractivity contribution in [2.45, 2.75) is 6.92 Å². The summed E-state index contributed by atoms with van der Waals surface area (Å²) < 4.78 is 0. The smallest absolute Gasteiger partial charge is 0.258 e. The van der Waals surface area contributed by atoms with Crippen LogP contribution < -0.4 is 5.32 Å². The summed E-state index contributed by atoms with van der Waals surface area (Å²) in [4.78, 5) is 22.4. The van der Waals surface area contributed by atoms with E-state index in [0.29, 0.717) is 22.4 Å². The molecule has 0 aliphatic heterocycles. The van der Waals surface area contributed by atoms with Gasteiger partial charge in [-0.25, -0.2) is 9.97 Å². The number of aromatic amines is 1. The van der Waals surface area contributed by atoms with Gasteiger partial charge < -0.3 is 4.98 Å². The van der Waals surface area contributed by atoms with Gasteiger partial charge in [0.05, 0.1) is 0 Å². The molecular weight excluding hydrogens is 228 g/mol. The number of aryl methyl sites for hydroxylation is 1. The Morgan fingerprint density at radius 1 is 1.50 bits per heavy atom. The van der Waals surface area contributed by atoms with Crippen molar-refractivity contribution in [1.29, 1.82) is 0 Å². The second-order valence-electron chi connectivity index (χ2n) is 3.21. The summed E-state index contributed by atoms with van der Waals surface area (Å²) in [5.41, 5.74) is 1.14. The molecule has 0 saturated carbocycles. The number of rotatable bonds is 2. The van der Waals surface area contributed by atoms with Crippen LogP contribution in [0.25, 0.3) is 0 Å². The fourth-order valence-corrected chi connectivity index (χ4v) is 1.52. The van der Waals surface area contributed by atoms with Gasteiger partial charge in [0.15, 0.2) is 0 Å². The molecule has 1 amide bonds. The number of nitrogens with one attached hydrogen (secondary N) is 2. The van der Waals surface area contributed by atoms with Crippen LogP contribution in [0.1, 0.15) is 16.1 Å². The lowest BCUT2D eigenvalue weighted by molar-refractivity contribution is 0.102. The summed E-state index contributed by atoms with van der Waals surface area (Å²) in [6.07, 6.45) is 3.18. The van der Waals surface area contributed by atoms with Gasteiger partial charge in [-0.3, -0.25) is 10.1 Å². The Balaban J connectivity index is 2.21. The van der Waals surface area contributed by atoms with Crippen molar-refractivity contribution < 1.29 is 4.79 Å². The Kier molecular flexibility index (Phi) is 2.87. The lowest BCUT2D eigenvalue weighted by Gasteiger charge is -2.03. The number of carbonyl (C=O) groups excluding carboxylic acids is 1. The van der Waals surface area contributed by atoms with Crippen LogP contribution in [-0.4, -0.2) is 20.9 Å². The van der Waals surface area contributed by atoms with Crippen LogP contribution in [0.4, 0.5) is 5.95 Å². The molecule has 82 valence electrons. The largest absolute Gasteiger partial charge is 0.331 e. The summed E-state index contributed by atoms with van der Waals surface area (Å²) in [5, 5.41) is 2.90. The zero-order valence-electron chi connectivity index (χ0n) is 8.49. The molecule has 0 atom stereocenters. The molecule has 2 heterocycles. The van der Waals surface area contributed by atoms with E-state index in [1.807, 2.05) is 0 Å². The predicted molar refractivity (Wildman–Crippen MR) is 60.5 cm³/mol. The first kappa shape index (κ1) is 10.6. The zero-order valence-corrected chi connectivity index (χ0v) is 9.25. The minimum Gasteiger partial charge on any atom is -0.331 e. The van der Waals surface area contributed by atoms with Crippen molar-refractivity contribution in [3.63, 3.8) is 0 Å². The average molecular weight is 237 g/mol. The molecule has 0 saturated heterocycles. The number of H-pyrrole nitrogens is 1. The number of hydrogen-bond acceptors (Lipinski definition) is 3. The lowest BCUT2D eigenvalue weighted by atomic mass is 10.2. The van der Waals surface area contributed by atoms with Gasteiger partial charge in [-0.05, 0) is 19.1 Å². The second kappa shape index (κ2) is 4.32. The molecule has 0 spiro atoms. The van der Waals surface area contributed by atoms with Crippen LogP contribution in [0.3, 0.4) is 0 Å². The van der Waals surface area contributed by atoms with Crippen molar-refractivity contribution in [1.82, 2.24) is 15.0 Å². The van der Waals surface area contributed by atoms with Gasteiger partial charge in [-0.2, -0.15) is 0 Å². The fraction of sp³-hybridized carbons (Fsp3) is 0.100. The van der Waals surface area contributed by atoms with Crippen LogP contribution in [-0.2, 0) is 0 Å². The Morgan fingerprint density at radius 2 is 2.31 bits per heavy atom. The van der Waals surface area contributed by atoms with Crippen LogP contribution in [0.5, 0.6) is 0 Å². The molecule has 2 rings (SSSR count). The fourth-order valence-electron chi connectivity index (χ4n) is 1.27. The molecule has 5 nitrogen and oxygen atoms in total. The Labute approximate surface area is 96.9 Å². The molecule has 0 aliphatic carbocycles. The van der Waals surface area contributed by atoms with E-state index in [0.717, 1.165) is 0 Å². The van der Waals surface area contributed by atoms with Gasteiger partial charge >= 0.3 is 0 Å². The van der Waals surface area contributed by atoms with Gasteiger partial charge in [0, 0.05) is 23.7 Å². The first-order chi connectivity index (χ1) is 7.65. The highest BCUT2D eigenvalue weighted by Gasteiger charge is 2.09. The van der Waals surface area contributed by atoms with E-state index in [2.05, 4.69) is 20.3 Å². The van der Waals surface area contributed by atoms with E-state index >= 15 is 0 Å². The van der Waals surface area contributed by atoms with Gasteiger partial charge in [-0.15, -0.1) is 0 Å². The molecule has 2 N–H and O–H groups in total. The van der Waals surface area contributed by atoms with Crippen molar-refractivity contribution in [3.05, 3.63) is 40.9 Å². The number of hydrogen-bond donors (Lipinski definition) is 2. The molecule has 0 aromatic carbocycles. The number of pyridine rings is 1. The van der Waals surface area contributed by atoms with E-state index in [9.17, 15) is 4.79 Å². The van der Waals surface area contributed by atoms with Crippen LogP contribution >= 0.6 is 11.6 Å². The number of imidazole rings is 1. The monoisotopic (exact) mass is 236 g/mol. The normalized spacial score (nSPS) is 10.1. The van der Waals surface area contributed by atoms with Crippen LogP contribution in [0, 0.1) is 6.92 Å². The van der Waals surface area contributed by atoms with Crippen molar-refractivity contribution in [3.8, 4) is 0 Å². The number of aromatic nitrogens is 3. The number of halogens is 1. The minimum atomic E-state index is -0.276. The molecule has 0 fully saturated rings. The van der Waals surface area contributed by atoms with Crippen molar-refractivity contribution in [2.75, 3.05) is 5.32 Å². The highest BCUT2D eigenvalue weighted by molar-refractivity contribution is 6.29. The number of amides is 1. The molecule has 0 aliphatic rings. The van der Waals surface area contributed by atoms with Crippen LogP contribution in [0.2, 0.25) is 5.15 Å². The zero-order chi connectivity index (χ0) is 11.5. The maximum absolute atomic E-state index is 11.8. The molecule has 16 heavy (non-hydrogen) atoms. The topological polar surface area (TPSA) is 70.7 Å². The van der Waals surface area contributed by atoms with E-state index in [1.54, 1.807) is 25.4 Å². The minimum absolute atomic E-state index is 0.276. The molecule has 2 aromatic rings. The predicted octanol–water partition coefficient (Wildman–Crippen LogP) is 2.02. The van der Waals surface area contributed by atoms with E-state index in [1.165, 1.54) is 6.07 Å². The number of anilines is 1. The molecule has 2 aromatic heterocycles. The summed E-state index contributed by atoms with van der Waals surface area (Å²) in [7, 11) is 0. The molecule has 0 unspecified atom stereocenters. The number of carbonyl (C=O) groups is 1. The van der Waals surface area contributed by atoms with Gasteiger partial charge in [0.2, 0.25) is 5.95 Å². The van der Waals surface area contributed by atoms with E-state index in [-0.39, 0.29) is 5.91 Å². The third kappa shape index (κ3) is 2.38. The Hall–Kier alpha value is -1.88. The molecule has 6 heteroatoms. The first-order valence-corrected chi connectivity index (χ1v) is 4.98. The quantitative estimate of drug-likeness (QED) is 0.784. The van der Waals surface area contributed by atoms with Crippen molar-refractivity contribution >= 4 is 23.5 Å². The maximum Gasteiger partial charge on any atom is 0.258 e.